The molecule has 2 aromatic rings. The van der Waals surface area contributed by atoms with Gasteiger partial charge in [0.25, 0.3) is 5.91 Å². The Morgan fingerprint density at radius 3 is 2.36 bits per heavy atom. The number of nitrogens with one attached hydrogen (secondary N) is 1. The molecule has 0 radical (unpaired) electrons. The molecule has 5 nitrogen and oxygen atoms in total. The Bertz CT molecular complexity index is 623. The molecule has 0 aliphatic carbocycles. The van der Waals surface area contributed by atoms with Crippen molar-refractivity contribution in [2.45, 2.75) is 20.8 Å². The van der Waals surface area contributed by atoms with Crippen LogP contribution in [0.3, 0.4) is 0 Å². The number of amides is 1. The molecule has 6 heteroatoms. The summed E-state index contributed by atoms with van der Waals surface area (Å²) >= 11 is 1.41. The normalized spacial score (nSPS) is 10.3. The molecule has 0 spiro atoms. The lowest BCUT2D eigenvalue weighted by atomic mass is 10.3. The maximum absolute atomic E-state index is 12.0. The molecule has 0 aliphatic rings. The summed E-state index contributed by atoms with van der Waals surface area (Å²) in [5, 5.41) is 3.73. The van der Waals surface area contributed by atoms with Crippen LogP contribution in [0.1, 0.15) is 27.3 Å². The Labute approximate surface area is 134 Å². The number of benzene rings is 1. The first-order valence-corrected chi connectivity index (χ1v) is 7.99. The predicted molar refractivity (Wildman–Crippen MR) is 87.0 cm³/mol. The van der Waals surface area contributed by atoms with Crippen LogP contribution in [0.4, 0.5) is 0 Å². The fourth-order valence-electron chi connectivity index (χ4n) is 1.95. The van der Waals surface area contributed by atoms with Gasteiger partial charge in [0, 0.05) is 0 Å². The second-order valence-corrected chi connectivity index (χ2v) is 5.86. The third kappa shape index (κ3) is 4.46. The summed E-state index contributed by atoms with van der Waals surface area (Å²) < 4.78 is 10.9. The number of rotatable bonds is 7. The smallest absolute Gasteiger partial charge is 0.263 e. The van der Waals surface area contributed by atoms with E-state index in [0.717, 1.165) is 22.2 Å². The van der Waals surface area contributed by atoms with Crippen LogP contribution in [0.25, 0.3) is 0 Å². The van der Waals surface area contributed by atoms with Gasteiger partial charge in [0.1, 0.15) is 23.0 Å². The molecule has 1 aromatic carbocycles. The summed E-state index contributed by atoms with van der Waals surface area (Å²) in [4.78, 5) is 16.9. The lowest BCUT2D eigenvalue weighted by Crippen LogP contribution is -2.27. The van der Waals surface area contributed by atoms with E-state index in [-0.39, 0.29) is 5.91 Å². The Balaban J connectivity index is 1.75. The van der Waals surface area contributed by atoms with E-state index >= 15 is 0 Å². The minimum Gasteiger partial charge on any atom is -0.494 e. The highest BCUT2D eigenvalue weighted by Crippen LogP contribution is 2.18. The van der Waals surface area contributed by atoms with Gasteiger partial charge in [0.05, 0.1) is 23.9 Å². The molecule has 0 bridgehead atoms. The van der Waals surface area contributed by atoms with Gasteiger partial charge in [0.2, 0.25) is 0 Å². The van der Waals surface area contributed by atoms with E-state index in [0.29, 0.717) is 24.6 Å². The summed E-state index contributed by atoms with van der Waals surface area (Å²) in [5.41, 5.74) is 0.771. The predicted octanol–water partition coefficient (Wildman–Crippen LogP) is 2.97. The van der Waals surface area contributed by atoms with Crippen LogP contribution in [-0.2, 0) is 0 Å². The van der Waals surface area contributed by atoms with Crippen molar-refractivity contribution < 1.29 is 14.3 Å². The number of hydrogen-bond acceptors (Lipinski definition) is 5. The maximum Gasteiger partial charge on any atom is 0.263 e. The molecule has 0 fully saturated rings. The van der Waals surface area contributed by atoms with Gasteiger partial charge in [-0.05, 0) is 45.0 Å². The topological polar surface area (TPSA) is 60.5 Å². The van der Waals surface area contributed by atoms with Crippen molar-refractivity contribution in [1.29, 1.82) is 0 Å². The number of thiazole rings is 1. The summed E-state index contributed by atoms with van der Waals surface area (Å²) in [5.74, 6) is 1.47. The van der Waals surface area contributed by atoms with Crippen molar-refractivity contribution in [1.82, 2.24) is 10.3 Å². The summed E-state index contributed by atoms with van der Waals surface area (Å²) in [6, 6.07) is 7.43. The van der Waals surface area contributed by atoms with Crippen LogP contribution in [-0.4, -0.2) is 30.6 Å². The highest BCUT2D eigenvalue weighted by Gasteiger charge is 2.12. The van der Waals surface area contributed by atoms with Crippen LogP contribution < -0.4 is 14.8 Å². The van der Waals surface area contributed by atoms with E-state index in [2.05, 4.69) is 10.3 Å². The van der Waals surface area contributed by atoms with E-state index in [1.54, 1.807) is 0 Å². The molecule has 0 saturated heterocycles. The highest BCUT2D eigenvalue weighted by molar-refractivity contribution is 7.13. The van der Waals surface area contributed by atoms with Gasteiger partial charge in [-0.25, -0.2) is 4.98 Å². The molecular weight excluding hydrogens is 300 g/mol. The molecule has 1 heterocycles. The number of hydrogen-bond donors (Lipinski definition) is 1. The lowest BCUT2D eigenvalue weighted by molar-refractivity contribution is 0.0950. The molecule has 2 rings (SSSR count). The molecule has 0 atom stereocenters. The second-order valence-electron chi connectivity index (χ2n) is 4.66. The van der Waals surface area contributed by atoms with Gasteiger partial charge >= 0.3 is 0 Å². The van der Waals surface area contributed by atoms with Gasteiger partial charge in [-0.2, -0.15) is 0 Å². The summed E-state index contributed by atoms with van der Waals surface area (Å²) in [7, 11) is 0. The number of carbonyl (C=O) groups is 1. The zero-order chi connectivity index (χ0) is 15.9. The van der Waals surface area contributed by atoms with Crippen molar-refractivity contribution in [3.05, 3.63) is 39.8 Å². The molecule has 0 saturated carbocycles. The average Bonchev–Trinajstić information content (AvgIpc) is 2.84. The van der Waals surface area contributed by atoms with E-state index in [1.165, 1.54) is 11.3 Å². The lowest BCUT2D eigenvalue weighted by Gasteiger charge is -2.08. The summed E-state index contributed by atoms with van der Waals surface area (Å²) in [6.45, 7) is 7.18. The average molecular weight is 320 g/mol. The van der Waals surface area contributed by atoms with E-state index in [9.17, 15) is 4.79 Å². The third-order valence-corrected chi connectivity index (χ3v) is 3.97. The minimum atomic E-state index is -0.0987. The third-order valence-electron chi connectivity index (χ3n) is 2.90. The molecular formula is C16H20N2O3S. The number of nitrogens with zero attached hydrogens (tertiary/aromatic N) is 1. The molecule has 0 aliphatic heterocycles. The van der Waals surface area contributed by atoms with Crippen molar-refractivity contribution in [3.8, 4) is 11.5 Å². The molecule has 1 aromatic heterocycles. The van der Waals surface area contributed by atoms with E-state index in [4.69, 9.17) is 9.47 Å². The van der Waals surface area contributed by atoms with Crippen LogP contribution in [0, 0.1) is 13.8 Å². The quantitative estimate of drug-likeness (QED) is 0.797. The van der Waals surface area contributed by atoms with Crippen molar-refractivity contribution in [3.63, 3.8) is 0 Å². The summed E-state index contributed by atoms with van der Waals surface area (Å²) in [6.07, 6.45) is 0. The zero-order valence-electron chi connectivity index (χ0n) is 13.0. The number of carbonyl (C=O) groups excluding carboxylic acids is 1. The Morgan fingerprint density at radius 2 is 1.82 bits per heavy atom. The standard InChI is InChI=1S/C16H20N2O3S/c1-4-20-13-5-7-14(8-6-13)21-10-9-17-16(19)15-11(2)18-12(3)22-15/h5-8H,4,9-10H2,1-3H3,(H,17,19). The van der Waals surface area contributed by atoms with Crippen LogP contribution in [0.15, 0.2) is 24.3 Å². The van der Waals surface area contributed by atoms with Gasteiger partial charge in [-0.15, -0.1) is 11.3 Å². The van der Waals surface area contributed by atoms with Gasteiger partial charge in [0.15, 0.2) is 0 Å². The zero-order valence-corrected chi connectivity index (χ0v) is 13.8. The second kappa shape index (κ2) is 7.79. The first-order chi connectivity index (χ1) is 10.6. The Kier molecular flexibility index (Phi) is 5.77. The maximum atomic E-state index is 12.0. The first-order valence-electron chi connectivity index (χ1n) is 7.18. The monoisotopic (exact) mass is 320 g/mol. The van der Waals surface area contributed by atoms with Crippen LogP contribution in [0.2, 0.25) is 0 Å². The Hall–Kier alpha value is -2.08. The fraction of sp³-hybridized carbons (Fsp3) is 0.375. The van der Waals surface area contributed by atoms with Crippen molar-refractivity contribution in [2.24, 2.45) is 0 Å². The fourth-order valence-corrected chi connectivity index (χ4v) is 2.79. The van der Waals surface area contributed by atoms with Crippen molar-refractivity contribution >= 4 is 17.2 Å². The van der Waals surface area contributed by atoms with Crippen LogP contribution >= 0.6 is 11.3 Å². The SMILES string of the molecule is CCOc1ccc(OCCNC(=O)c2sc(C)nc2C)cc1. The highest BCUT2D eigenvalue weighted by atomic mass is 32.1. The number of aromatic nitrogens is 1. The van der Waals surface area contributed by atoms with E-state index in [1.807, 2.05) is 45.0 Å². The number of aryl methyl sites for hydroxylation is 2. The molecule has 1 N–H and O–H groups in total. The largest absolute Gasteiger partial charge is 0.494 e. The van der Waals surface area contributed by atoms with Crippen LogP contribution in [0.5, 0.6) is 11.5 Å². The van der Waals surface area contributed by atoms with Gasteiger partial charge in [-0.3, -0.25) is 4.79 Å². The van der Waals surface area contributed by atoms with Crippen molar-refractivity contribution in [2.75, 3.05) is 19.8 Å². The molecule has 22 heavy (non-hydrogen) atoms. The minimum absolute atomic E-state index is 0.0987. The Morgan fingerprint density at radius 1 is 1.18 bits per heavy atom. The first kappa shape index (κ1) is 16.3. The van der Waals surface area contributed by atoms with Gasteiger partial charge in [-0.1, -0.05) is 0 Å². The molecule has 1 amide bonds. The van der Waals surface area contributed by atoms with E-state index < -0.39 is 0 Å². The van der Waals surface area contributed by atoms with Gasteiger partial charge < -0.3 is 14.8 Å². The molecule has 118 valence electrons. The molecule has 0 unspecified atom stereocenters. The number of ether oxygens (including phenoxy) is 2.